The number of hydrogen-bond acceptors (Lipinski definition) is 2. The van der Waals surface area contributed by atoms with Crippen LogP contribution in [0.2, 0.25) is 0 Å². The fraction of sp³-hybridized carbons (Fsp3) is 0.200. The number of nitrogens with zero attached hydrogens (tertiary/aromatic N) is 1. The summed E-state index contributed by atoms with van der Waals surface area (Å²) in [5.41, 5.74) is 2.33. The summed E-state index contributed by atoms with van der Waals surface area (Å²) < 4.78 is 27.8. The molecule has 3 aromatic rings. The van der Waals surface area contributed by atoms with Crippen LogP contribution in [-0.4, -0.2) is 23.3 Å². The van der Waals surface area contributed by atoms with Gasteiger partial charge in [0.2, 0.25) is 11.8 Å². The third kappa shape index (κ3) is 4.19. The van der Waals surface area contributed by atoms with Gasteiger partial charge in [-0.25, -0.2) is 8.78 Å². The van der Waals surface area contributed by atoms with E-state index in [-0.39, 0.29) is 18.4 Å². The number of nitrogens with one attached hydrogen (secondary N) is 1. The Bertz CT molecular complexity index is 1100. The predicted octanol–water partition coefficient (Wildman–Crippen LogP) is 5.03. The van der Waals surface area contributed by atoms with Crippen LogP contribution < -0.4 is 5.32 Å². The third-order valence-electron chi connectivity index (χ3n) is 5.59. The number of rotatable bonds is 4. The van der Waals surface area contributed by atoms with E-state index in [1.165, 1.54) is 35.2 Å². The molecule has 158 valence electrons. The molecule has 0 radical (unpaired) electrons. The average Bonchev–Trinajstić information content (AvgIpc) is 2.91. The number of fused-ring (bicyclic) bond motifs is 1. The van der Waals surface area contributed by atoms with E-state index in [9.17, 15) is 18.4 Å². The Morgan fingerprint density at radius 2 is 1.71 bits per heavy atom. The highest BCUT2D eigenvalue weighted by Gasteiger charge is 2.36. The SMILES string of the molecule is CC[C@H](C(=O)N1CC(=O)Nc2ccc(F)cc2[C@H]1c1ccc(F)cc1)c1ccccc1. The van der Waals surface area contributed by atoms with Crippen LogP contribution in [0.15, 0.2) is 72.8 Å². The molecule has 0 fully saturated rings. The average molecular weight is 420 g/mol. The van der Waals surface area contributed by atoms with Gasteiger partial charge in [0.05, 0.1) is 12.0 Å². The Kier molecular flexibility index (Phi) is 5.80. The van der Waals surface area contributed by atoms with Gasteiger partial charge in [0.25, 0.3) is 0 Å². The van der Waals surface area contributed by atoms with Gasteiger partial charge in [0, 0.05) is 11.3 Å². The highest BCUT2D eigenvalue weighted by Crippen LogP contribution is 2.38. The van der Waals surface area contributed by atoms with Gasteiger partial charge in [-0.05, 0) is 47.9 Å². The molecule has 31 heavy (non-hydrogen) atoms. The number of amides is 2. The first-order valence-corrected chi connectivity index (χ1v) is 10.2. The van der Waals surface area contributed by atoms with E-state index in [0.717, 1.165) is 5.56 Å². The molecule has 0 bridgehead atoms. The number of anilines is 1. The number of carbonyl (C=O) groups excluding carboxylic acids is 2. The zero-order valence-corrected chi connectivity index (χ0v) is 17.0. The van der Waals surface area contributed by atoms with Crippen LogP contribution in [0.3, 0.4) is 0 Å². The van der Waals surface area contributed by atoms with Crippen LogP contribution in [-0.2, 0) is 9.59 Å². The second kappa shape index (κ2) is 8.68. The number of benzene rings is 3. The number of hydrogen-bond donors (Lipinski definition) is 1. The van der Waals surface area contributed by atoms with Crippen molar-refractivity contribution in [1.82, 2.24) is 4.90 Å². The molecule has 0 saturated heterocycles. The molecule has 0 aromatic heterocycles. The Hall–Kier alpha value is -3.54. The minimum Gasteiger partial charge on any atom is -0.324 e. The standard InChI is InChI=1S/C25H22F2N2O2/c1-2-20(16-6-4-3-5-7-16)25(31)29-15-23(30)28-22-13-12-19(27)14-21(22)24(29)17-8-10-18(26)11-9-17/h3-14,20,24H,2,15H2,1H3,(H,28,30)/t20-,24+/m0/s1. The lowest BCUT2D eigenvalue weighted by Gasteiger charge is -2.33. The van der Waals surface area contributed by atoms with E-state index in [1.807, 2.05) is 37.3 Å². The lowest BCUT2D eigenvalue weighted by Crippen LogP contribution is -2.41. The van der Waals surface area contributed by atoms with Gasteiger partial charge in [-0.3, -0.25) is 9.59 Å². The smallest absolute Gasteiger partial charge is 0.244 e. The molecule has 1 heterocycles. The summed E-state index contributed by atoms with van der Waals surface area (Å²) in [6, 6.07) is 18.4. The summed E-state index contributed by atoms with van der Waals surface area (Å²) in [6.45, 7) is 1.72. The Morgan fingerprint density at radius 1 is 1.03 bits per heavy atom. The summed E-state index contributed by atoms with van der Waals surface area (Å²) in [6.07, 6.45) is 0.535. The summed E-state index contributed by atoms with van der Waals surface area (Å²) >= 11 is 0. The fourth-order valence-corrected chi connectivity index (χ4v) is 4.13. The van der Waals surface area contributed by atoms with E-state index < -0.39 is 23.6 Å². The Balaban J connectivity index is 1.86. The molecule has 2 atom stereocenters. The Morgan fingerprint density at radius 3 is 2.39 bits per heavy atom. The first-order chi connectivity index (χ1) is 15.0. The van der Waals surface area contributed by atoms with Crippen molar-refractivity contribution in [1.29, 1.82) is 0 Å². The molecule has 1 aliphatic rings. The Labute approximate surface area is 179 Å². The van der Waals surface area contributed by atoms with Crippen molar-refractivity contribution in [3.05, 3.63) is 101 Å². The second-order valence-corrected chi connectivity index (χ2v) is 7.57. The maximum absolute atomic E-state index is 14.2. The first-order valence-electron chi connectivity index (χ1n) is 10.2. The minimum absolute atomic E-state index is 0.194. The summed E-state index contributed by atoms with van der Waals surface area (Å²) in [4.78, 5) is 27.9. The van der Waals surface area contributed by atoms with E-state index in [2.05, 4.69) is 5.32 Å². The molecule has 0 unspecified atom stereocenters. The number of carbonyl (C=O) groups is 2. The molecule has 4 nitrogen and oxygen atoms in total. The van der Waals surface area contributed by atoms with Crippen LogP contribution >= 0.6 is 0 Å². The molecule has 0 saturated carbocycles. The van der Waals surface area contributed by atoms with Crippen LogP contribution in [0.5, 0.6) is 0 Å². The molecular weight excluding hydrogens is 398 g/mol. The van der Waals surface area contributed by atoms with E-state index in [4.69, 9.17) is 0 Å². The van der Waals surface area contributed by atoms with Crippen molar-refractivity contribution >= 4 is 17.5 Å². The molecule has 2 amide bonds. The van der Waals surface area contributed by atoms with Gasteiger partial charge in [0.1, 0.15) is 18.2 Å². The van der Waals surface area contributed by atoms with Gasteiger partial charge in [-0.15, -0.1) is 0 Å². The maximum atomic E-state index is 14.2. The van der Waals surface area contributed by atoms with E-state index >= 15 is 0 Å². The van der Waals surface area contributed by atoms with Crippen LogP contribution in [0.4, 0.5) is 14.5 Å². The topological polar surface area (TPSA) is 49.4 Å². The molecule has 3 aromatic carbocycles. The molecule has 4 rings (SSSR count). The van der Waals surface area contributed by atoms with Gasteiger partial charge in [-0.2, -0.15) is 0 Å². The summed E-state index contributed by atoms with van der Waals surface area (Å²) in [7, 11) is 0. The van der Waals surface area contributed by atoms with Gasteiger partial charge in [-0.1, -0.05) is 49.4 Å². The summed E-state index contributed by atoms with van der Waals surface area (Å²) in [5, 5.41) is 2.77. The quantitative estimate of drug-likeness (QED) is 0.644. The van der Waals surface area contributed by atoms with Crippen molar-refractivity contribution in [3.63, 3.8) is 0 Å². The maximum Gasteiger partial charge on any atom is 0.244 e. The molecule has 0 aliphatic carbocycles. The van der Waals surface area contributed by atoms with Crippen molar-refractivity contribution in [2.45, 2.75) is 25.3 Å². The zero-order chi connectivity index (χ0) is 22.0. The number of halogens is 2. The fourth-order valence-electron chi connectivity index (χ4n) is 4.13. The molecular formula is C25H22F2N2O2. The highest BCUT2D eigenvalue weighted by molar-refractivity contribution is 5.98. The monoisotopic (exact) mass is 420 g/mol. The summed E-state index contributed by atoms with van der Waals surface area (Å²) in [5.74, 6) is -1.97. The lowest BCUT2D eigenvalue weighted by atomic mass is 9.91. The minimum atomic E-state index is -0.740. The molecule has 1 aliphatic heterocycles. The molecule has 0 spiro atoms. The largest absolute Gasteiger partial charge is 0.324 e. The van der Waals surface area contributed by atoms with Gasteiger partial charge in [0.15, 0.2) is 0 Å². The molecule has 6 heteroatoms. The van der Waals surface area contributed by atoms with Gasteiger partial charge >= 0.3 is 0 Å². The van der Waals surface area contributed by atoms with Crippen LogP contribution in [0, 0.1) is 11.6 Å². The van der Waals surface area contributed by atoms with Crippen molar-refractivity contribution in [3.8, 4) is 0 Å². The molecule has 1 N–H and O–H groups in total. The first kappa shape index (κ1) is 20.7. The lowest BCUT2D eigenvalue weighted by molar-refractivity contribution is -0.137. The van der Waals surface area contributed by atoms with Crippen molar-refractivity contribution in [2.24, 2.45) is 0 Å². The zero-order valence-electron chi connectivity index (χ0n) is 17.0. The van der Waals surface area contributed by atoms with Crippen LogP contribution in [0.1, 0.15) is 42.0 Å². The second-order valence-electron chi connectivity index (χ2n) is 7.57. The van der Waals surface area contributed by atoms with Crippen LogP contribution in [0.25, 0.3) is 0 Å². The predicted molar refractivity (Wildman–Crippen MR) is 114 cm³/mol. The van der Waals surface area contributed by atoms with Crippen molar-refractivity contribution < 1.29 is 18.4 Å². The third-order valence-corrected chi connectivity index (χ3v) is 5.59. The van der Waals surface area contributed by atoms with E-state index in [0.29, 0.717) is 23.2 Å². The van der Waals surface area contributed by atoms with E-state index in [1.54, 1.807) is 12.1 Å². The highest BCUT2D eigenvalue weighted by atomic mass is 19.1. The van der Waals surface area contributed by atoms with Gasteiger partial charge < -0.3 is 10.2 Å². The van der Waals surface area contributed by atoms with Crippen molar-refractivity contribution in [2.75, 3.05) is 11.9 Å². The normalized spacial score (nSPS) is 16.8.